The molecule has 0 unspecified atom stereocenters. The number of hydrogen-bond acceptors (Lipinski definition) is 7. The van der Waals surface area contributed by atoms with Crippen LogP contribution >= 0.6 is 23.2 Å². The van der Waals surface area contributed by atoms with Crippen molar-refractivity contribution >= 4 is 46.6 Å². The lowest BCUT2D eigenvalue weighted by molar-refractivity contribution is -0.150. The van der Waals surface area contributed by atoms with Crippen molar-refractivity contribution in [2.75, 3.05) is 19.1 Å². The zero-order valence-corrected chi connectivity index (χ0v) is 23.3. The molecule has 0 amide bonds. The monoisotopic (exact) mass is 576 g/mol. The Kier molecular flexibility index (Phi) is 7.70. The van der Waals surface area contributed by atoms with Gasteiger partial charge in [-0.15, -0.1) is 0 Å². The number of benzene rings is 3. The number of halogens is 2. The second-order valence-corrected chi connectivity index (χ2v) is 10.4. The van der Waals surface area contributed by atoms with Crippen LogP contribution < -0.4 is 10.6 Å². The summed E-state index contributed by atoms with van der Waals surface area (Å²) in [6.07, 6.45) is 0.254. The molecule has 40 heavy (non-hydrogen) atoms. The van der Waals surface area contributed by atoms with Crippen LogP contribution in [-0.2, 0) is 23.9 Å². The summed E-state index contributed by atoms with van der Waals surface area (Å²) in [5.41, 5.74) is 9.56. The Bertz CT molecular complexity index is 1570. The molecule has 0 aromatic heterocycles. The van der Waals surface area contributed by atoms with Crippen molar-refractivity contribution in [3.63, 3.8) is 0 Å². The number of carbonyl (C=O) groups excluding carboxylic acids is 3. The summed E-state index contributed by atoms with van der Waals surface area (Å²) in [6, 6.07) is 23.1. The van der Waals surface area contributed by atoms with Crippen LogP contribution in [0.5, 0.6) is 0 Å². The second kappa shape index (κ2) is 11.2. The quantitative estimate of drug-likeness (QED) is 0.305. The van der Waals surface area contributed by atoms with E-state index in [4.69, 9.17) is 38.4 Å². The van der Waals surface area contributed by atoms with Gasteiger partial charge in [0.05, 0.1) is 25.7 Å². The molecule has 7 nitrogen and oxygen atoms in total. The molecule has 3 aromatic carbocycles. The third-order valence-electron chi connectivity index (χ3n) is 7.38. The average Bonchev–Trinajstić information content (AvgIpc) is 2.96. The fourth-order valence-electron chi connectivity index (χ4n) is 5.68. The Morgan fingerprint density at radius 2 is 1.52 bits per heavy atom. The lowest BCUT2D eigenvalue weighted by Gasteiger charge is -2.44. The molecule has 2 N–H and O–H groups in total. The predicted molar refractivity (Wildman–Crippen MR) is 153 cm³/mol. The predicted octanol–water partition coefficient (Wildman–Crippen LogP) is 5.74. The molecule has 1 heterocycles. The van der Waals surface area contributed by atoms with Crippen molar-refractivity contribution < 1.29 is 23.9 Å². The van der Waals surface area contributed by atoms with Crippen LogP contribution in [0, 0.1) is 5.92 Å². The van der Waals surface area contributed by atoms with Crippen molar-refractivity contribution in [2.45, 2.75) is 18.3 Å². The van der Waals surface area contributed by atoms with Gasteiger partial charge in [0, 0.05) is 32.9 Å². The van der Waals surface area contributed by atoms with E-state index in [0.29, 0.717) is 27.0 Å². The Labute approximate surface area is 241 Å². The third kappa shape index (κ3) is 4.76. The molecule has 204 valence electrons. The van der Waals surface area contributed by atoms with E-state index in [1.807, 2.05) is 30.3 Å². The van der Waals surface area contributed by atoms with Crippen LogP contribution in [0.3, 0.4) is 0 Å². The summed E-state index contributed by atoms with van der Waals surface area (Å²) in [5, 5.41) is 0.855. The molecule has 0 spiro atoms. The first kappa shape index (κ1) is 27.5. The van der Waals surface area contributed by atoms with Gasteiger partial charge in [0.1, 0.15) is 11.7 Å². The maximum atomic E-state index is 14.6. The zero-order chi connectivity index (χ0) is 28.6. The van der Waals surface area contributed by atoms with Gasteiger partial charge in [-0.2, -0.15) is 0 Å². The standard InChI is InChI=1S/C31H26Cl2N2O5/c1-39-30(37)25-22(17-8-4-3-5-9-17)16-23-26(28(25)36)24(18-10-6-11-19(32)14-18)27(31(38)40-2)29(34)35(23)21-13-7-12-20(33)15-21/h3-15,22,24-25H,16,34H2,1-2H3/t22-,24-,25+/m0/s1. The van der Waals surface area contributed by atoms with Gasteiger partial charge in [0.15, 0.2) is 5.78 Å². The van der Waals surface area contributed by atoms with E-state index < -0.39 is 35.5 Å². The highest BCUT2D eigenvalue weighted by molar-refractivity contribution is 6.31. The summed E-state index contributed by atoms with van der Waals surface area (Å²) >= 11 is 12.7. The molecule has 3 aromatic rings. The Morgan fingerprint density at radius 1 is 0.875 bits per heavy atom. The van der Waals surface area contributed by atoms with Crippen LogP contribution in [0.25, 0.3) is 0 Å². The fourth-order valence-corrected chi connectivity index (χ4v) is 6.06. The van der Waals surface area contributed by atoms with Gasteiger partial charge in [-0.1, -0.05) is 71.7 Å². The van der Waals surface area contributed by atoms with Gasteiger partial charge >= 0.3 is 11.9 Å². The van der Waals surface area contributed by atoms with Gasteiger partial charge in [-0.05, 0) is 47.9 Å². The molecule has 1 aliphatic heterocycles. The Hall–Kier alpha value is -4.07. The number of esters is 2. The summed E-state index contributed by atoms with van der Waals surface area (Å²) in [7, 11) is 2.50. The molecule has 2 aliphatic rings. The van der Waals surface area contributed by atoms with E-state index in [-0.39, 0.29) is 23.4 Å². The number of carbonyl (C=O) groups is 3. The Morgan fingerprint density at radius 3 is 2.15 bits per heavy atom. The normalized spacial score (nSPS) is 20.8. The number of methoxy groups -OCH3 is 2. The first-order valence-corrected chi connectivity index (χ1v) is 13.3. The second-order valence-electron chi connectivity index (χ2n) is 9.54. The summed E-state index contributed by atoms with van der Waals surface area (Å²) in [5.74, 6) is -4.38. The minimum absolute atomic E-state index is 0.0543. The van der Waals surface area contributed by atoms with Crippen LogP contribution in [-0.4, -0.2) is 31.9 Å². The van der Waals surface area contributed by atoms with Crippen molar-refractivity contribution in [2.24, 2.45) is 11.7 Å². The number of nitrogens with two attached hydrogens (primary N) is 1. The number of hydrogen-bond donors (Lipinski definition) is 1. The molecule has 9 heteroatoms. The van der Waals surface area contributed by atoms with Gasteiger partial charge in [0.2, 0.25) is 0 Å². The highest BCUT2D eigenvalue weighted by Crippen LogP contribution is 2.51. The molecule has 3 atom stereocenters. The molecule has 0 saturated heterocycles. The van der Waals surface area contributed by atoms with Gasteiger partial charge in [-0.25, -0.2) is 4.79 Å². The van der Waals surface area contributed by atoms with Crippen molar-refractivity contribution in [3.05, 3.63) is 123 Å². The maximum Gasteiger partial charge on any atom is 0.338 e. The SMILES string of the molecule is COC(=O)C1=C(N)N(c2cccc(Cl)c2)C2=C(C(=O)[C@H](C(=O)OC)[C@H](c3ccccc3)C2)[C@@H]1c1cccc(Cl)c1. The Balaban J connectivity index is 1.84. The molecular formula is C31H26Cl2N2O5. The number of ether oxygens (including phenoxy) is 2. The molecule has 0 saturated carbocycles. The van der Waals surface area contributed by atoms with Crippen LogP contribution in [0.1, 0.15) is 29.4 Å². The highest BCUT2D eigenvalue weighted by atomic mass is 35.5. The number of Topliss-reactive ketones (excluding diaryl/α,β-unsaturated/α-hetero) is 1. The number of ketones is 1. The third-order valence-corrected chi connectivity index (χ3v) is 7.85. The summed E-state index contributed by atoms with van der Waals surface area (Å²) < 4.78 is 10.3. The molecular weight excluding hydrogens is 551 g/mol. The number of allylic oxidation sites excluding steroid dienone is 2. The van der Waals surface area contributed by atoms with E-state index in [2.05, 4.69) is 0 Å². The molecule has 0 radical (unpaired) electrons. The average molecular weight is 577 g/mol. The lowest BCUT2D eigenvalue weighted by Crippen LogP contribution is -2.46. The zero-order valence-electron chi connectivity index (χ0n) is 21.8. The van der Waals surface area contributed by atoms with Gasteiger partial charge < -0.3 is 15.2 Å². The molecule has 1 aliphatic carbocycles. The number of anilines is 1. The van der Waals surface area contributed by atoms with E-state index in [0.717, 1.165) is 5.56 Å². The van der Waals surface area contributed by atoms with Crippen LogP contribution in [0.4, 0.5) is 5.69 Å². The fraction of sp³-hybridized carbons (Fsp3) is 0.194. The number of nitrogens with zero attached hydrogens (tertiary/aromatic N) is 1. The van der Waals surface area contributed by atoms with E-state index >= 15 is 0 Å². The maximum absolute atomic E-state index is 14.6. The molecule has 0 fully saturated rings. The smallest absolute Gasteiger partial charge is 0.338 e. The highest BCUT2D eigenvalue weighted by Gasteiger charge is 2.51. The summed E-state index contributed by atoms with van der Waals surface area (Å²) in [4.78, 5) is 42.8. The van der Waals surface area contributed by atoms with Crippen molar-refractivity contribution in [3.8, 4) is 0 Å². The molecule has 5 rings (SSSR count). The minimum Gasteiger partial charge on any atom is -0.468 e. The number of rotatable bonds is 5. The minimum atomic E-state index is -1.15. The van der Waals surface area contributed by atoms with E-state index in [9.17, 15) is 14.4 Å². The lowest BCUT2D eigenvalue weighted by atomic mass is 9.67. The largest absolute Gasteiger partial charge is 0.468 e. The van der Waals surface area contributed by atoms with Gasteiger partial charge in [-0.3, -0.25) is 14.5 Å². The van der Waals surface area contributed by atoms with Crippen molar-refractivity contribution in [1.29, 1.82) is 0 Å². The first-order valence-electron chi connectivity index (χ1n) is 12.6. The first-order chi connectivity index (χ1) is 19.3. The van der Waals surface area contributed by atoms with Crippen LogP contribution in [0.2, 0.25) is 10.0 Å². The molecule has 0 bridgehead atoms. The van der Waals surface area contributed by atoms with E-state index in [1.165, 1.54) is 14.2 Å². The van der Waals surface area contributed by atoms with Crippen LogP contribution in [0.15, 0.2) is 102 Å². The van der Waals surface area contributed by atoms with Crippen molar-refractivity contribution in [1.82, 2.24) is 0 Å². The summed E-state index contributed by atoms with van der Waals surface area (Å²) in [6.45, 7) is 0. The van der Waals surface area contributed by atoms with Gasteiger partial charge in [0.25, 0.3) is 0 Å². The topological polar surface area (TPSA) is 98.9 Å². The van der Waals surface area contributed by atoms with E-state index in [1.54, 1.807) is 53.4 Å².